The number of nitrogens with zero attached hydrogens (tertiary/aromatic N) is 3. The lowest BCUT2D eigenvalue weighted by Crippen LogP contribution is -2.37. The molecule has 0 aromatic carbocycles. The number of guanidine groups is 1. The quantitative estimate of drug-likeness (QED) is 0.439. The molecule has 2 N–H and O–H groups in total. The zero-order chi connectivity index (χ0) is 12.5. The lowest BCUT2D eigenvalue weighted by atomic mass is 10.4. The molecule has 0 fully saturated rings. The van der Waals surface area contributed by atoms with Gasteiger partial charge in [0.15, 0.2) is 5.96 Å². The maximum atomic E-state index is 5.19. The van der Waals surface area contributed by atoms with Crippen molar-refractivity contribution in [2.45, 2.75) is 20.4 Å². The van der Waals surface area contributed by atoms with E-state index >= 15 is 0 Å². The average molecular weight is 233 g/mol. The fraction of sp³-hybridized carbons (Fsp3) is 0.500. The molecule has 5 nitrogen and oxygen atoms in total. The summed E-state index contributed by atoms with van der Waals surface area (Å²) in [4.78, 5) is 4.39. The number of aryl methyl sites for hydroxylation is 1. The van der Waals surface area contributed by atoms with E-state index in [1.54, 1.807) is 0 Å². The van der Waals surface area contributed by atoms with Gasteiger partial charge in [0.05, 0.1) is 25.8 Å². The van der Waals surface area contributed by atoms with Crippen LogP contribution in [0, 0.1) is 19.3 Å². The van der Waals surface area contributed by atoms with E-state index in [-0.39, 0.29) is 0 Å². The van der Waals surface area contributed by atoms with Crippen LogP contribution in [0.5, 0.6) is 0 Å². The smallest absolute Gasteiger partial charge is 0.192 e. The number of aromatic nitrogens is 2. The molecule has 0 aliphatic carbocycles. The van der Waals surface area contributed by atoms with E-state index < -0.39 is 0 Å². The van der Waals surface area contributed by atoms with E-state index in [0.29, 0.717) is 13.1 Å². The molecular weight excluding hydrogens is 214 g/mol. The van der Waals surface area contributed by atoms with Gasteiger partial charge in [-0.3, -0.25) is 9.67 Å². The van der Waals surface area contributed by atoms with Gasteiger partial charge >= 0.3 is 0 Å². The van der Waals surface area contributed by atoms with Crippen LogP contribution in [0.25, 0.3) is 0 Å². The molecule has 0 radical (unpaired) electrons. The summed E-state index contributed by atoms with van der Waals surface area (Å²) in [5, 5.41) is 10.4. The van der Waals surface area contributed by atoms with E-state index in [4.69, 9.17) is 6.42 Å². The second-order valence-corrected chi connectivity index (χ2v) is 3.60. The highest BCUT2D eigenvalue weighted by molar-refractivity contribution is 5.79. The molecule has 1 aromatic heterocycles. The highest BCUT2D eigenvalue weighted by atomic mass is 15.3. The number of aliphatic imine (C=N–C) groups is 1. The first-order chi connectivity index (χ1) is 8.26. The van der Waals surface area contributed by atoms with Gasteiger partial charge in [-0.2, -0.15) is 5.10 Å². The van der Waals surface area contributed by atoms with Crippen LogP contribution >= 0.6 is 0 Å². The standard InChI is InChI=1S/C12H19N5/c1-4-6-14-12(13-5-2)15-7-8-17-10-11(3)9-16-17/h1,9-10H,5-8H2,2-3H3,(H2,13,14,15). The fourth-order valence-electron chi connectivity index (χ4n) is 1.33. The molecule has 0 spiro atoms. The molecular formula is C12H19N5. The highest BCUT2D eigenvalue weighted by Crippen LogP contribution is 1.93. The zero-order valence-electron chi connectivity index (χ0n) is 10.4. The van der Waals surface area contributed by atoms with Gasteiger partial charge in [0.25, 0.3) is 0 Å². The Labute approximate surface area is 102 Å². The van der Waals surface area contributed by atoms with Gasteiger partial charge in [-0.25, -0.2) is 0 Å². The van der Waals surface area contributed by atoms with E-state index in [9.17, 15) is 0 Å². The van der Waals surface area contributed by atoms with E-state index in [1.165, 1.54) is 0 Å². The normalized spacial score (nSPS) is 11.0. The molecule has 1 heterocycles. The van der Waals surface area contributed by atoms with Gasteiger partial charge in [0.2, 0.25) is 0 Å². The van der Waals surface area contributed by atoms with Crippen molar-refractivity contribution < 1.29 is 0 Å². The second kappa shape index (κ2) is 7.34. The summed E-state index contributed by atoms with van der Waals surface area (Å²) in [5.41, 5.74) is 1.16. The van der Waals surface area contributed by atoms with Gasteiger partial charge in [-0.1, -0.05) is 5.92 Å². The summed E-state index contributed by atoms with van der Waals surface area (Å²) in [5.74, 6) is 3.26. The van der Waals surface area contributed by atoms with Gasteiger partial charge < -0.3 is 10.6 Å². The summed E-state index contributed by atoms with van der Waals surface area (Å²) in [6.07, 6.45) is 9.02. The first kappa shape index (κ1) is 13.1. The Morgan fingerprint density at radius 3 is 3.00 bits per heavy atom. The molecule has 17 heavy (non-hydrogen) atoms. The van der Waals surface area contributed by atoms with Crippen LogP contribution < -0.4 is 10.6 Å². The van der Waals surface area contributed by atoms with Crippen LogP contribution in [-0.2, 0) is 6.54 Å². The van der Waals surface area contributed by atoms with Crippen molar-refractivity contribution in [3.63, 3.8) is 0 Å². The molecule has 0 bridgehead atoms. The Bertz CT molecular complexity index is 399. The SMILES string of the molecule is C#CCNC(=NCCn1cc(C)cn1)NCC. The average Bonchev–Trinajstić information content (AvgIpc) is 2.72. The minimum absolute atomic E-state index is 0.479. The van der Waals surface area contributed by atoms with Crippen LogP contribution in [0.3, 0.4) is 0 Å². The molecule has 1 rings (SSSR count). The summed E-state index contributed by atoms with van der Waals surface area (Å²) in [7, 11) is 0. The third-order valence-corrected chi connectivity index (χ3v) is 2.06. The topological polar surface area (TPSA) is 54.2 Å². The predicted octanol–water partition coefficient (Wildman–Crippen LogP) is 0.380. The molecule has 0 amide bonds. The van der Waals surface area contributed by atoms with Crippen molar-refractivity contribution >= 4 is 5.96 Å². The molecule has 0 unspecified atom stereocenters. The number of nitrogens with one attached hydrogen (secondary N) is 2. The van der Waals surface area contributed by atoms with Gasteiger partial charge in [0.1, 0.15) is 0 Å². The van der Waals surface area contributed by atoms with Crippen LogP contribution in [0.1, 0.15) is 12.5 Å². The van der Waals surface area contributed by atoms with E-state index in [0.717, 1.165) is 24.6 Å². The van der Waals surface area contributed by atoms with Crippen molar-refractivity contribution in [2.24, 2.45) is 4.99 Å². The first-order valence-electron chi connectivity index (χ1n) is 5.71. The number of terminal acetylenes is 1. The Kier molecular flexibility index (Phi) is 5.66. The van der Waals surface area contributed by atoms with Crippen molar-refractivity contribution in [3.8, 4) is 12.3 Å². The minimum atomic E-state index is 0.479. The van der Waals surface area contributed by atoms with Gasteiger partial charge in [-0.15, -0.1) is 6.42 Å². The zero-order valence-corrected chi connectivity index (χ0v) is 10.4. The van der Waals surface area contributed by atoms with Gasteiger partial charge in [-0.05, 0) is 19.4 Å². The summed E-state index contributed by atoms with van der Waals surface area (Å²) in [6.45, 7) is 6.76. The summed E-state index contributed by atoms with van der Waals surface area (Å²) < 4.78 is 1.88. The Morgan fingerprint density at radius 1 is 1.59 bits per heavy atom. The number of hydrogen-bond acceptors (Lipinski definition) is 2. The maximum absolute atomic E-state index is 5.19. The highest BCUT2D eigenvalue weighted by Gasteiger charge is 1.96. The largest absolute Gasteiger partial charge is 0.357 e. The molecule has 1 aromatic rings. The van der Waals surface area contributed by atoms with Crippen molar-refractivity contribution in [1.82, 2.24) is 20.4 Å². The lowest BCUT2D eigenvalue weighted by molar-refractivity contribution is 0.622. The summed E-state index contributed by atoms with van der Waals surface area (Å²) in [6, 6.07) is 0. The predicted molar refractivity (Wildman–Crippen MR) is 69.8 cm³/mol. The van der Waals surface area contributed by atoms with Crippen LogP contribution in [0.4, 0.5) is 0 Å². The first-order valence-corrected chi connectivity index (χ1v) is 5.71. The van der Waals surface area contributed by atoms with Crippen molar-refractivity contribution in [2.75, 3.05) is 19.6 Å². The molecule has 0 saturated heterocycles. The van der Waals surface area contributed by atoms with Crippen LogP contribution in [0.15, 0.2) is 17.4 Å². The van der Waals surface area contributed by atoms with E-state index in [2.05, 4.69) is 26.6 Å². The molecule has 92 valence electrons. The molecule has 5 heteroatoms. The third kappa shape index (κ3) is 5.07. The Balaban J connectivity index is 2.40. The fourth-order valence-corrected chi connectivity index (χ4v) is 1.33. The molecule has 0 aliphatic heterocycles. The van der Waals surface area contributed by atoms with Crippen LogP contribution in [0.2, 0.25) is 0 Å². The van der Waals surface area contributed by atoms with Crippen molar-refractivity contribution in [3.05, 3.63) is 18.0 Å². The third-order valence-electron chi connectivity index (χ3n) is 2.06. The van der Waals surface area contributed by atoms with Crippen molar-refractivity contribution in [1.29, 1.82) is 0 Å². The van der Waals surface area contributed by atoms with Crippen LogP contribution in [-0.4, -0.2) is 35.4 Å². The number of rotatable bonds is 5. The lowest BCUT2D eigenvalue weighted by Gasteiger charge is -2.08. The number of hydrogen-bond donors (Lipinski definition) is 2. The molecule has 0 saturated carbocycles. The van der Waals surface area contributed by atoms with E-state index in [1.807, 2.05) is 30.9 Å². The Hall–Kier alpha value is -1.96. The monoisotopic (exact) mass is 233 g/mol. The minimum Gasteiger partial charge on any atom is -0.357 e. The van der Waals surface area contributed by atoms with Gasteiger partial charge in [0, 0.05) is 12.7 Å². The molecule has 0 aliphatic rings. The second-order valence-electron chi connectivity index (χ2n) is 3.60. The summed E-state index contributed by atoms with van der Waals surface area (Å²) >= 11 is 0. The maximum Gasteiger partial charge on any atom is 0.192 e. The Morgan fingerprint density at radius 2 is 2.41 bits per heavy atom. The molecule has 0 atom stereocenters.